The monoisotopic (exact) mass is 277 g/mol. The van der Waals surface area contributed by atoms with Gasteiger partial charge in [-0.05, 0) is 12.1 Å². The maximum atomic E-state index is 12.5. The summed E-state index contributed by atoms with van der Waals surface area (Å²) in [7, 11) is 0. The first-order valence-electron chi connectivity index (χ1n) is 4.57. The third-order valence-corrected chi connectivity index (χ3v) is 2.04. The molecule has 102 valence electrons. The van der Waals surface area contributed by atoms with Gasteiger partial charge in [0.15, 0.2) is 0 Å². The molecule has 0 aliphatic carbocycles. The standard InChI is InChI=1S/C9H6F3N3O4/c10-9(11,12)8(14-17)7(13-16)5-1-3-6(4-2-5)15(18)19/h1-4,16-17H/b13-7+,14-8-. The average molecular weight is 277 g/mol. The van der Waals surface area contributed by atoms with Gasteiger partial charge in [-0.1, -0.05) is 10.3 Å². The van der Waals surface area contributed by atoms with Gasteiger partial charge >= 0.3 is 6.18 Å². The van der Waals surface area contributed by atoms with E-state index in [-0.39, 0.29) is 11.3 Å². The summed E-state index contributed by atoms with van der Waals surface area (Å²) in [4.78, 5) is 9.64. The molecule has 10 heteroatoms. The maximum Gasteiger partial charge on any atom is 0.438 e. The molecule has 2 N–H and O–H groups in total. The van der Waals surface area contributed by atoms with E-state index in [1.165, 1.54) is 0 Å². The van der Waals surface area contributed by atoms with Crippen LogP contribution in [0.1, 0.15) is 5.56 Å². The molecule has 7 nitrogen and oxygen atoms in total. The van der Waals surface area contributed by atoms with Gasteiger partial charge in [-0.15, -0.1) is 0 Å². The van der Waals surface area contributed by atoms with Crippen molar-refractivity contribution >= 4 is 17.1 Å². The van der Waals surface area contributed by atoms with E-state index >= 15 is 0 Å². The van der Waals surface area contributed by atoms with Crippen LogP contribution in [0.2, 0.25) is 0 Å². The minimum absolute atomic E-state index is 0.293. The lowest BCUT2D eigenvalue weighted by Gasteiger charge is -2.09. The van der Waals surface area contributed by atoms with Gasteiger partial charge in [-0.2, -0.15) is 13.2 Å². The molecule has 0 spiro atoms. The predicted octanol–water partition coefficient (Wildman–Crippen LogP) is 2.17. The lowest BCUT2D eigenvalue weighted by molar-refractivity contribution is -0.384. The second-order valence-corrected chi connectivity index (χ2v) is 3.20. The van der Waals surface area contributed by atoms with E-state index in [0.29, 0.717) is 0 Å². The minimum Gasteiger partial charge on any atom is -0.410 e. The summed E-state index contributed by atoms with van der Waals surface area (Å²) < 4.78 is 37.4. The highest BCUT2D eigenvalue weighted by Gasteiger charge is 2.41. The molecular weight excluding hydrogens is 271 g/mol. The topological polar surface area (TPSA) is 108 Å². The van der Waals surface area contributed by atoms with Crippen molar-refractivity contribution in [2.24, 2.45) is 10.3 Å². The van der Waals surface area contributed by atoms with Crippen molar-refractivity contribution in [1.82, 2.24) is 0 Å². The number of nitro groups is 1. The van der Waals surface area contributed by atoms with Gasteiger partial charge < -0.3 is 10.4 Å². The van der Waals surface area contributed by atoms with Crippen molar-refractivity contribution in [2.45, 2.75) is 6.18 Å². The largest absolute Gasteiger partial charge is 0.438 e. The van der Waals surface area contributed by atoms with Crippen LogP contribution >= 0.6 is 0 Å². The van der Waals surface area contributed by atoms with E-state index in [2.05, 4.69) is 5.16 Å². The second kappa shape index (κ2) is 5.33. The van der Waals surface area contributed by atoms with E-state index in [1.807, 2.05) is 5.16 Å². The zero-order chi connectivity index (χ0) is 14.6. The molecule has 0 amide bonds. The van der Waals surface area contributed by atoms with E-state index in [9.17, 15) is 23.3 Å². The summed E-state index contributed by atoms with van der Waals surface area (Å²) in [6.45, 7) is 0. The van der Waals surface area contributed by atoms with Crippen LogP contribution in [-0.2, 0) is 0 Å². The predicted molar refractivity (Wildman–Crippen MR) is 56.7 cm³/mol. The first kappa shape index (κ1) is 14.4. The zero-order valence-electron chi connectivity index (χ0n) is 9.00. The summed E-state index contributed by atoms with van der Waals surface area (Å²) in [6, 6.07) is 3.71. The lowest BCUT2D eigenvalue weighted by Crippen LogP contribution is -2.32. The second-order valence-electron chi connectivity index (χ2n) is 3.20. The highest BCUT2D eigenvalue weighted by Crippen LogP contribution is 2.22. The highest BCUT2D eigenvalue weighted by atomic mass is 19.4. The average Bonchev–Trinajstić information content (AvgIpc) is 2.34. The molecule has 1 aromatic rings. The molecular formula is C9H6F3N3O4. The highest BCUT2D eigenvalue weighted by molar-refractivity contribution is 6.49. The van der Waals surface area contributed by atoms with Crippen LogP contribution in [0, 0.1) is 10.1 Å². The van der Waals surface area contributed by atoms with Crippen molar-refractivity contribution < 1.29 is 28.5 Å². The van der Waals surface area contributed by atoms with Gasteiger partial charge in [-0.25, -0.2) is 0 Å². The molecule has 0 saturated carbocycles. The van der Waals surface area contributed by atoms with Gasteiger partial charge in [0.25, 0.3) is 5.69 Å². The fourth-order valence-corrected chi connectivity index (χ4v) is 1.22. The van der Waals surface area contributed by atoms with Crippen LogP contribution in [0.3, 0.4) is 0 Å². The Morgan fingerprint density at radius 2 is 1.68 bits per heavy atom. The quantitative estimate of drug-likeness (QED) is 0.382. The maximum absolute atomic E-state index is 12.5. The summed E-state index contributed by atoms with van der Waals surface area (Å²) in [5.41, 5.74) is -3.51. The number of alkyl halides is 3. The number of benzene rings is 1. The van der Waals surface area contributed by atoms with E-state index in [1.54, 1.807) is 0 Å². The van der Waals surface area contributed by atoms with Crippen LogP contribution in [0.15, 0.2) is 34.6 Å². The Morgan fingerprint density at radius 3 is 2.00 bits per heavy atom. The minimum atomic E-state index is -5.04. The lowest BCUT2D eigenvalue weighted by atomic mass is 10.1. The van der Waals surface area contributed by atoms with Gasteiger partial charge in [0, 0.05) is 17.7 Å². The first-order chi connectivity index (χ1) is 8.81. The van der Waals surface area contributed by atoms with Gasteiger partial charge in [0.2, 0.25) is 5.71 Å². The SMILES string of the molecule is O=[N+]([O-])c1ccc(C(=N\O)/C(=N/O)C(F)(F)F)cc1. The fraction of sp³-hybridized carbons (Fsp3) is 0.111. The van der Waals surface area contributed by atoms with Crippen LogP contribution in [0.5, 0.6) is 0 Å². The molecule has 0 bridgehead atoms. The Morgan fingerprint density at radius 1 is 1.16 bits per heavy atom. The number of nitrogens with zero attached hydrogens (tertiary/aromatic N) is 3. The molecule has 0 saturated heterocycles. The Hall–Kier alpha value is -2.65. The van der Waals surface area contributed by atoms with Crippen molar-refractivity contribution in [3.8, 4) is 0 Å². The van der Waals surface area contributed by atoms with Crippen LogP contribution in [0.25, 0.3) is 0 Å². The molecule has 0 aliphatic heterocycles. The normalized spacial score (nSPS) is 13.4. The van der Waals surface area contributed by atoms with E-state index < -0.39 is 22.5 Å². The summed E-state index contributed by atoms with van der Waals surface area (Å²) >= 11 is 0. The summed E-state index contributed by atoms with van der Waals surface area (Å²) in [5.74, 6) is 0. The number of hydrogen-bond donors (Lipinski definition) is 2. The molecule has 0 unspecified atom stereocenters. The number of non-ortho nitro benzene ring substituents is 1. The van der Waals surface area contributed by atoms with E-state index in [0.717, 1.165) is 24.3 Å². The number of rotatable bonds is 3. The Balaban J connectivity index is 3.22. The molecule has 19 heavy (non-hydrogen) atoms. The van der Waals surface area contributed by atoms with E-state index in [4.69, 9.17) is 10.4 Å². The van der Waals surface area contributed by atoms with Crippen molar-refractivity contribution in [1.29, 1.82) is 0 Å². The van der Waals surface area contributed by atoms with Gasteiger partial charge in [0.1, 0.15) is 5.71 Å². The van der Waals surface area contributed by atoms with Crippen LogP contribution < -0.4 is 0 Å². The number of nitro benzene ring substituents is 1. The molecule has 0 heterocycles. The van der Waals surface area contributed by atoms with Crippen molar-refractivity contribution in [2.75, 3.05) is 0 Å². The first-order valence-corrected chi connectivity index (χ1v) is 4.57. The smallest absolute Gasteiger partial charge is 0.410 e. The number of oxime groups is 2. The Bertz CT molecular complexity index is 537. The molecule has 0 fully saturated rings. The third kappa shape index (κ3) is 3.18. The molecule has 0 radical (unpaired) electrons. The number of halogens is 3. The zero-order valence-corrected chi connectivity index (χ0v) is 9.00. The molecule has 0 aliphatic rings. The van der Waals surface area contributed by atoms with Gasteiger partial charge in [-0.3, -0.25) is 10.1 Å². The molecule has 1 rings (SSSR count). The molecule has 1 aromatic carbocycles. The molecule has 0 aromatic heterocycles. The fourth-order valence-electron chi connectivity index (χ4n) is 1.22. The van der Waals surface area contributed by atoms with Crippen LogP contribution in [-0.4, -0.2) is 32.9 Å². The number of hydrogen-bond acceptors (Lipinski definition) is 6. The van der Waals surface area contributed by atoms with Gasteiger partial charge in [0.05, 0.1) is 4.92 Å². The summed E-state index contributed by atoms with van der Waals surface area (Å²) in [5, 5.41) is 31.7. The van der Waals surface area contributed by atoms with Crippen molar-refractivity contribution in [3.63, 3.8) is 0 Å². The Kier molecular flexibility index (Phi) is 4.04. The summed E-state index contributed by atoms with van der Waals surface area (Å²) in [6.07, 6.45) is -5.04. The third-order valence-electron chi connectivity index (χ3n) is 2.04. The van der Waals surface area contributed by atoms with Crippen molar-refractivity contribution in [3.05, 3.63) is 39.9 Å². The Labute approximate surface area is 103 Å². The van der Waals surface area contributed by atoms with Crippen LogP contribution in [0.4, 0.5) is 18.9 Å². The molecule has 0 atom stereocenters.